The molecule has 1 saturated heterocycles. The Morgan fingerprint density at radius 1 is 1.10 bits per heavy atom. The second-order valence-electron chi connectivity index (χ2n) is 7.22. The average molecular weight is 511 g/mol. The van der Waals surface area contributed by atoms with E-state index in [1.165, 1.54) is 11.3 Å². The first kappa shape index (κ1) is 23.5. The van der Waals surface area contributed by atoms with Crippen LogP contribution in [0.25, 0.3) is 0 Å². The van der Waals surface area contributed by atoms with Crippen LogP contribution in [-0.4, -0.2) is 56.7 Å². The average Bonchev–Trinajstić information content (AvgIpc) is 3.23. The summed E-state index contributed by atoms with van der Waals surface area (Å²) in [4.78, 5) is 9.62. The molecule has 2 heterocycles. The molecular weight excluding hydrogens is 477 g/mol. The Hall–Kier alpha value is -1.74. The number of aliphatic imine (C=N–C) groups is 1. The normalized spacial score (nSPS) is 15.1. The minimum Gasteiger partial charge on any atom is -0.467 e. The minimum atomic E-state index is 0. The van der Waals surface area contributed by atoms with Crippen LogP contribution >= 0.6 is 24.0 Å². The molecule has 0 radical (unpaired) electrons. The second kappa shape index (κ2) is 12.7. The number of benzene rings is 1. The molecule has 7 heteroatoms. The zero-order valence-electron chi connectivity index (χ0n) is 17.6. The number of nitrogens with zero attached hydrogens (tertiary/aromatic N) is 3. The van der Waals surface area contributed by atoms with Gasteiger partial charge in [-0.05, 0) is 56.6 Å². The monoisotopic (exact) mass is 511 g/mol. The predicted octanol–water partition coefficient (Wildman–Crippen LogP) is 3.47. The molecule has 160 valence electrons. The highest BCUT2D eigenvalue weighted by atomic mass is 127. The third-order valence-electron chi connectivity index (χ3n) is 5.00. The van der Waals surface area contributed by atoms with Gasteiger partial charge in [0.05, 0.1) is 6.26 Å². The number of nitrogens with one attached hydrogen (secondary N) is 2. The Bertz CT molecular complexity index is 727. The van der Waals surface area contributed by atoms with Crippen LogP contribution in [0.3, 0.4) is 0 Å². The largest absolute Gasteiger partial charge is 0.467 e. The zero-order chi connectivity index (χ0) is 19.6. The number of piperazine rings is 1. The van der Waals surface area contributed by atoms with E-state index in [4.69, 9.17) is 4.42 Å². The predicted molar refractivity (Wildman–Crippen MR) is 131 cm³/mol. The van der Waals surface area contributed by atoms with Crippen molar-refractivity contribution >= 4 is 35.6 Å². The molecule has 1 aromatic heterocycles. The van der Waals surface area contributed by atoms with Crippen LogP contribution in [0.1, 0.15) is 24.7 Å². The molecule has 1 aliphatic rings. The molecular formula is C22H34IN5O. The number of hydrogen-bond donors (Lipinski definition) is 2. The Morgan fingerprint density at radius 2 is 1.93 bits per heavy atom. The van der Waals surface area contributed by atoms with E-state index in [1.54, 1.807) is 6.26 Å². The van der Waals surface area contributed by atoms with Gasteiger partial charge in [0, 0.05) is 45.0 Å². The Labute approximate surface area is 191 Å². The highest BCUT2D eigenvalue weighted by molar-refractivity contribution is 14.0. The number of halogens is 1. The lowest BCUT2D eigenvalue weighted by molar-refractivity contribution is 0.255. The van der Waals surface area contributed by atoms with Crippen LogP contribution in [0.4, 0.5) is 5.69 Å². The number of aryl methyl sites for hydroxylation is 1. The molecule has 0 aliphatic carbocycles. The first-order valence-electron chi connectivity index (χ1n) is 10.3. The van der Waals surface area contributed by atoms with Gasteiger partial charge in [-0.25, -0.2) is 4.99 Å². The van der Waals surface area contributed by atoms with Crippen molar-refractivity contribution in [3.05, 3.63) is 54.0 Å². The van der Waals surface area contributed by atoms with E-state index in [1.807, 2.05) is 12.1 Å². The Morgan fingerprint density at radius 3 is 2.62 bits per heavy atom. The van der Waals surface area contributed by atoms with Crippen molar-refractivity contribution in [2.24, 2.45) is 4.99 Å². The topological polar surface area (TPSA) is 56.0 Å². The SMILES string of the molecule is CCNC(=NCc1ccco1)NCCCN1CCN(c2cccc(C)c2)CC1.I. The van der Waals surface area contributed by atoms with Crippen molar-refractivity contribution < 1.29 is 4.42 Å². The summed E-state index contributed by atoms with van der Waals surface area (Å²) < 4.78 is 5.34. The molecule has 0 amide bonds. The van der Waals surface area contributed by atoms with Gasteiger partial charge in [-0.3, -0.25) is 4.90 Å². The third-order valence-corrected chi connectivity index (χ3v) is 5.00. The fraction of sp³-hybridized carbons (Fsp3) is 0.500. The second-order valence-corrected chi connectivity index (χ2v) is 7.22. The van der Waals surface area contributed by atoms with Gasteiger partial charge in [0.1, 0.15) is 12.3 Å². The van der Waals surface area contributed by atoms with Crippen molar-refractivity contribution in [1.29, 1.82) is 0 Å². The molecule has 3 rings (SSSR count). The van der Waals surface area contributed by atoms with Gasteiger partial charge < -0.3 is 20.0 Å². The van der Waals surface area contributed by atoms with Crippen molar-refractivity contribution in [3.63, 3.8) is 0 Å². The molecule has 0 atom stereocenters. The van der Waals surface area contributed by atoms with Crippen LogP contribution in [0, 0.1) is 6.92 Å². The Balaban J connectivity index is 0.00000300. The van der Waals surface area contributed by atoms with E-state index in [9.17, 15) is 0 Å². The summed E-state index contributed by atoms with van der Waals surface area (Å²) in [5.41, 5.74) is 2.68. The van der Waals surface area contributed by atoms with Crippen LogP contribution in [0.15, 0.2) is 52.1 Å². The van der Waals surface area contributed by atoms with Crippen molar-refractivity contribution in [1.82, 2.24) is 15.5 Å². The summed E-state index contributed by atoms with van der Waals surface area (Å²) in [5.74, 6) is 1.73. The molecule has 2 aromatic rings. The van der Waals surface area contributed by atoms with Crippen LogP contribution in [0.2, 0.25) is 0 Å². The highest BCUT2D eigenvalue weighted by Crippen LogP contribution is 2.17. The van der Waals surface area contributed by atoms with E-state index >= 15 is 0 Å². The summed E-state index contributed by atoms with van der Waals surface area (Å²) in [6.07, 6.45) is 2.79. The molecule has 6 nitrogen and oxygen atoms in total. The molecule has 0 unspecified atom stereocenters. The van der Waals surface area contributed by atoms with Gasteiger partial charge in [-0.1, -0.05) is 12.1 Å². The van der Waals surface area contributed by atoms with Gasteiger partial charge in [0.25, 0.3) is 0 Å². The fourth-order valence-corrected chi connectivity index (χ4v) is 3.47. The lowest BCUT2D eigenvalue weighted by Gasteiger charge is -2.36. The quantitative estimate of drug-likeness (QED) is 0.246. The smallest absolute Gasteiger partial charge is 0.191 e. The van der Waals surface area contributed by atoms with E-state index in [2.05, 4.69) is 63.5 Å². The maximum Gasteiger partial charge on any atom is 0.191 e. The van der Waals surface area contributed by atoms with Gasteiger partial charge in [-0.2, -0.15) is 0 Å². The molecule has 2 N–H and O–H groups in total. The molecule has 0 bridgehead atoms. The van der Waals surface area contributed by atoms with Gasteiger partial charge in [-0.15, -0.1) is 24.0 Å². The number of guanidine groups is 1. The fourth-order valence-electron chi connectivity index (χ4n) is 3.47. The number of furan rings is 1. The van der Waals surface area contributed by atoms with E-state index in [0.29, 0.717) is 6.54 Å². The first-order chi connectivity index (χ1) is 13.7. The van der Waals surface area contributed by atoms with Crippen LogP contribution in [-0.2, 0) is 6.54 Å². The molecule has 1 aromatic carbocycles. The zero-order valence-corrected chi connectivity index (χ0v) is 19.9. The molecule has 0 spiro atoms. The van der Waals surface area contributed by atoms with Crippen LogP contribution in [0.5, 0.6) is 0 Å². The Kier molecular flexibility index (Phi) is 10.3. The number of hydrogen-bond acceptors (Lipinski definition) is 4. The van der Waals surface area contributed by atoms with E-state index < -0.39 is 0 Å². The minimum absolute atomic E-state index is 0. The number of anilines is 1. The summed E-state index contributed by atoms with van der Waals surface area (Å²) in [5, 5.41) is 6.71. The standard InChI is InChI=1S/C22H33N5O.HI/c1-3-23-22(25-18-21-9-5-16-28-21)24-10-6-11-26-12-14-27(15-13-26)20-8-4-7-19(2)17-20;/h4-5,7-9,16-17H,3,6,10-15,18H2,1-2H3,(H2,23,24,25);1H. The molecule has 29 heavy (non-hydrogen) atoms. The van der Waals surface area contributed by atoms with Gasteiger partial charge in [0.2, 0.25) is 0 Å². The maximum absolute atomic E-state index is 5.34. The van der Waals surface area contributed by atoms with Gasteiger partial charge >= 0.3 is 0 Å². The van der Waals surface area contributed by atoms with Crippen molar-refractivity contribution in [2.75, 3.05) is 50.7 Å². The van der Waals surface area contributed by atoms with Crippen molar-refractivity contribution in [2.45, 2.75) is 26.8 Å². The highest BCUT2D eigenvalue weighted by Gasteiger charge is 2.16. The molecule has 1 fully saturated rings. The maximum atomic E-state index is 5.34. The van der Waals surface area contributed by atoms with Crippen LogP contribution < -0.4 is 15.5 Å². The first-order valence-corrected chi connectivity index (χ1v) is 10.3. The summed E-state index contributed by atoms with van der Waals surface area (Å²) in [7, 11) is 0. The summed E-state index contributed by atoms with van der Waals surface area (Å²) >= 11 is 0. The lowest BCUT2D eigenvalue weighted by Crippen LogP contribution is -2.47. The summed E-state index contributed by atoms with van der Waals surface area (Å²) in [6, 6.07) is 12.7. The third kappa shape index (κ3) is 7.89. The van der Waals surface area contributed by atoms with E-state index in [-0.39, 0.29) is 24.0 Å². The van der Waals surface area contributed by atoms with E-state index in [0.717, 1.165) is 64.0 Å². The van der Waals surface area contributed by atoms with Crippen molar-refractivity contribution in [3.8, 4) is 0 Å². The number of rotatable bonds is 8. The lowest BCUT2D eigenvalue weighted by atomic mass is 10.2. The van der Waals surface area contributed by atoms with Gasteiger partial charge in [0.15, 0.2) is 5.96 Å². The summed E-state index contributed by atoms with van der Waals surface area (Å²) in [6.45, 7) is 12.1. The molecule has 0 saturated carbocycles. The molecule has 1 aliphatic heterocycles.